The fourth-order valence-corrected chi connectivity index (χ4v) is 2.41. The van der Waals surface area contributed by atoms with Crippen LogP contribution in [0, 0.1) is 18.2 Å². The van der Waals surface area contributed by atoms with Gasteiger partial charge in [-0.3, -0.25) is 0 Å². The molecule has 3 heteroatoms. The lowest BCUT2D eigenvalue weighted by atomic mass is 9.96. The number of rotatable bonds is 2. The third kappa shape index (κ3) is 2.00. The van der Waals surface area contributed by atoms with Gasteiger partial charge in [-0.1, -0.05) is 24.6 Å². The minimum atomic E-state index is -0.270. The summed E-state index contributed by atoms with van der Waals surface area (Å²) in [4.78, 5) is 0. The lowest BCUT2D eigenvalue weighted by molar-refractivity contribution is 0.546. The smallest absolute Gasteiger partial charge is 0.127 e. The molecule has 0 heterocycles. The van der Waals surface area contributed by atoms with Gasteiger partial charge in [0.25, 0.3) is 0 Å². The van der Waals surface area contributed by atoms with E-state index < -0.39 is 0 Å². The van der Waals surface area contributed by atoms with Gasteiger partial charge in [0, 0.05) is 5.02 Å². The van der Waals surface area contributed by atoms with Crippen molar-refractivity contribution in [2.75, 3.05) is 0 Å². The molecule has 0 nitrogen and oxygen atoms in total. The summed E-state index contributed by atoms with van der Waals surface area (Å²) in [7, 11) is 0. The highest BCUT2D eigenvalue weighted by atomic mass is 35.5. The van der Waals surface area contributed by atoms with Crippen LogP contribution in [-0.4, -0.2) is 0 Å². The monoisotopic (exact) mass is 246 g/mol. The van der Waals surface area contributed by atoms with Crippen molar-refractivity contribution in [3.8, 4) is 0 Å². The second-order valence-electron chi connectivity index (χ2n) is 4.64. The Labute approximate surface area is 99.4 Å². The first-order valence-corrected chi connectivity index (χ1v) is 5.85. The van der Waals surface area contributed by atoms with Crippen molar-refractivity contribution in [1.82, 2.24) is 0 Å². The number of hydrogen-bond donors (Lipinski definition) is 0. The van der Waals surface area contributed by atoms with Crippen LogP contribution < -0.4 is 0 Å². The molecule has 0 aliphatic heterocycles. The Bertz CT molecular complexity index is 397. The second kappa shape index (κ2) is 3.64. The van der Waals surface area contributed by atoms with Gasteiger partial charge in [-0.05, 0) is 42.4 Å². The quantitative estimate of drug-likeness (QED) is 0.654. The van der Waals surface area contributed by atoms with Crippen LogP contribution in [0.25, 0.3) is 0 Å². The van der Waals surface area contributed by atoms with Crippen LogP contribution in [0.2, 0.25) is 5.02 Å². The maximum atomic E-state index is 13.2. The zero-order chi connectivity index (χ0) is 11.2. The minimum absolute atomic E-state index is 0.107. The fourth-order valence-electron chi connectivity index (χ4n) is 1.70. The molecule has 1 saturated carbocycles. The van der Waals surface area contributed by atoms with E-state index in [0.717, 1.165) is 18.4 Å². The normalized spacial score (nSPS) is 20.1. The summed E-state index contributed by atoms with van der Waals surface area (Å²) in [6, 6.07) is 3.12. The summed E-state index contributed by atoms with van der Waals surface area (Å²) in [5, 5.41) is 0.329. The molecule has 15 heavy (non-hydrogen) atoms. The van der Waals surface area contributed by atoms with Gasteiger partial charge in [0.15, 0.2) is 0 Å². The molecule has 1 fully saturated rings. The van der Waals surface area contributed by atoms with Gasteiger partial charge < -0.3 is 0 Å². The van der Waals surface area contributed by atoms with Crippen LogP contribution in [0.5, 0.6) is 0 Å². The van der Waals surface area contributed by atoms with E-state index in [0.29, 0.717) is 10.6 Å². The maximum Gasteiger partial charge on any atom is 0.127 e. The van der Waals surface area contributed by atoms with Gasteiger partial charge in [-0.25, -0.2) is 4.39 Å². The van der Waals surface area contributed by atoms with Crippen molar-refractivity contribution in [2.45, 2.75) is 32.1 Å². The fraction of sp³-hybridized carbons (Fsp3) is 0.500. The SMILES string of the molecule is Cc1cc(C(Cl)C2(C)CC2)c(Cl)cc1F. The highest BCUT2D eigenvalue weighted by Gasteiger charge is 2.45. The van der Waals surface area contributed by atoms with Gasteiger partial charge in [0.2, 0.25) is 0 Å². The summed E-state index contributed by atoms with van der Waals surface area (Å²) in [5.41, 5.74) is 1.61. The molecule has 1 unspecified atom stereocenters. The Morgan fingerprint density at radius 3 is 2.53 bits per heavy atom. The maximum absolute atomic E-state index is 13.2. The molecule has 82 valence electrons. The summed E-state index contributed by atoms with van der Waals surface area (Å²) in [6.07, 6.45) is 2.24. The van der Waals surface area contributed by atoms with Crippen molar-refractivity contribution in [3.05, 3.63) is 34.1 Å². The number of aryl methyl sites for hydroxylation is 1. The molecular weight excluding hydrogens is 234 g/mol. The Balaban J connectivity index is 2.39. The van der Waals surface area contributed by atoms with E-state index in [2.05, 4.69) is 6.92 Å². The van der Waals surface area contributed by atoms with Gasteiger partial charge >= 0.3 is 0 Å². The van der Waals surface area contributed by atoms with E-state index in [1.54, 1.807) is 13.0 Å². The standard InChI is InChI=1S/C12H13Cl2F/c1-7-5-8(9(13)6-10(7)15)11(14)12(2)3-4-12/h5-6,11H,3-4H2,1-2H3. The molecule has 1 atom stereocenters. The van der Waals surface area contributed by atoms with Crippen LogP contribution in [-0.2, 0) is 0 Å². The number of benzene rings is 1. The topological polar surface area (TPSA) is 0 Å². The molecule has 0 aromatic heterocycles. The molecule has 1 aromatic carbocycles. The molecule has 1 aliphatic rings. The van der Waals surface area contributed by atoms with Gasteiger partial charge in [-0.15, -0.1) is 11.6 Å². The Kier molecular flexibility index (Phi) is 2.72. The lowest BCUT2D eigenvalue weighted by Gasteiger charge is -2.18. The Hall–Kier alpha value is -0.270. The van der Waals surface area contributed by atoms with Gasteiger partial charge in [-0.2, -0.15) is 0 Å². The lowest BCUT2D eigenvalue weighted by Crippen LogP contribution is -2.05. The highest BCUT2D eigenvalue weighted by molar-refractivity contribution is 6.33. The van der Waals surface area contributed by atoms with Crippen LogP contribution in [0.15, 0.2) is 12.1 Å². The van der Waals surface area contributed by atoms with Crippen LogP contribution >= 0.6 is 23.2 Å². The van der Waals surface area contributed by atoms with Crippen molar-refractivity contribution < 1.29 is 4.39 Å². The molecule has 2 rings (SSSR count). The van der Waals surface area contributed by atoms with Gasteiger partial charge in [0.1, 0.15) is 5.82 Å². The average molecular weight is 247 g/mol. The summed E-state index contributed by atoms with van der Waals surface area (Å²) in [6.45, 7) is 3.87. The predicted molar refractivity (Wildman–Crippen MR) is 62.1 cm³/mol. The van der Waals surface area contributed by atoms with Crippen LogP contribution in [0.1, 0.15) is 36.3 Å². The van der Waals surface area contributed by atoms with Crippen molar-refractivity contribution >= 4 is 23.2 Å². The summed E-state index contributed by atoms with van der Waals surface area (Å²) >= 11 is 12.4. The number of hydrogen-bond acceptors (Lipinski definition) is 0. The zero-order valence-corrected chi connectivity index (χ0v) is 10.3. The highest BCUT2D eigenvalue weighted by Crippen LogP contribution is 2.58. The minimum Gasteiger partial charge on any atom is -0.207 e. The largest absolute Gasteiger partial charge is 0.207 e. The van der Waals surface area contributed by atoms with E-state index in [9.17, 15) is 4.39 Å². The molecule has 1 aliphatic carbocycles. The van der Waals surface area contributed by atoms with Crippen molar-refractivity contribution in [1.29, 1.82) is 0 Å². The van der Waals surface area contributed by atoms with Crippen LogP contribution in [0.4, 0.5) is 4.39 Å². The Morgan fingerprint density at radius 1 is 1.40 bits per heavy atom. The van der Waals surface area contributed by atoms with E-state index in [1.807, 2.05) is 0 Å². The number of alkyl halides is 1. The molecule has 0 N–H and O–H groups in total. The average Bonchev–Trinajstić information content (AvgIpc) is 2.90. The molecular formula is C12H13Cl2F. The van der Waals surface area contributed by atoms with Crippen LogP contribution in [0.3, 0.4) is 0 Å². The van der Waals surface area contributed by atoms with Crippen molar-refractivity contribution in [3.63, 3.8) is 0 Å². The first-order chi connectivity index (χ1) is 6.94. The molecule has 0 spiro atoms. The summed E-state index contributed by atoms with van der Waals surface area (Å²) in [5.74, 6) is -0.270. The molecule has 1 aromatic rings. The predicted octanol–water partition coefficient (Wildman–Crippen LogP) is 4.87. The number of halogens is 3. The van der Waals surface area contributed by atoms with E-state index in [4.69, 9.17) is 23.2 Å². The summed E-state index contributed by atoms with van der Waals surface area (Å²) < 4.78 is 13.2. The third-order valence-corrected chi connectivity index (χ3v) is 4.29. The Morgan fingerprint density at radius 2 is 2.00 bits per heavy atom. The molecule has 0 saturated heterocycles. The molecule has 0 radical (unpaired) electrons. The second-order valence-corrected chi connectivity index (χ2v) is 5.48. The first kappa shape index (κ1) is 11.2. The molecule has 0 amide bonds. The van der Waals surface area contributed by atoms with E-state index >= 15 is 0 Å². The molecule has 0 bridgehead atoms. The van der Waals surface area contributed by atoms with Gasteiger partial charge in [0.05, 0.1) is 5.38 Å². The van der Waals surface area contributed by atoms with Crippen molar-refractivity contribution in [2.24, 2.45) is 5.41 Å². The first-order valence-electron chi connectivity index (χ1n) is 5.04. The van der Waals surface area contributed by atoms with E-state index in [1.165, 1.54) is 6.07 Å². The third-order valence-electron chi connectivity index (χ3n) is 3.20. The zero-order valence-electron chi connectivity index (χ0n) is 8.78. The van der Waals surface area contributed by atoms with E-state index in [-0.39, 0.29) is 16.6 Å².